The van der Waals surface area contributed by atoms with Crippen molar-refractivity contribution in [3.63, 3.8) is 0 Å². The molecule has 1 amide bonds. The van der Waals surface area contributed by atoms with Crippen LogP contribution in [0.1, 0.15) is 47.0 Å². The van der Waals surface area contributed by atoms with E-state index < -0.39 is 14.4 Å². The predicted octanol–water partition coefficient (Wildman–Crippen LogP) is 4.39. The highest BCUT2D eigenvalue weighted by Crippen LogP contribution is 2.40. The summed E-state index contributed by atoms with van der Waals surface area (Å²) in [5.41, 5.74) is 1.04. The van der Waals surface area contributed by atoms with Crippen LogP contribution in [-0.4, -0.2) is 31.7 Å². The third kappa shape index (κ3) is 4.85. The maximum absolute atomic E-state index is 10.9. The first-order valence-electron chi connectivity index (χ1n) is 7.76. The van der Waals surface area contributed by atoms with E-state index in [0.29, 0.717) is 0 Å². The van der Waals surface area contributed by atoms with Gasteiger partial charge in [-0.2, -0.15) is 0 Å². The largest absolute Gasteiger partial charge is 0.465 e. The molecule has 0 aromatic carbocycles. The maximum Gasteiger partial charge on any atom is 0.404 e. The summed E-state index contributed by atoms with van der Waals surface area (Å²) in [5, 5.41) is 11.8. The topological polar surface area (TPSA) is 58.6 Å². The Kier molecular flexibility index (Phi) is 5.67. The van der Waals surface area contributed by atoms with Crippen molar-refractivity contribution >= 4 is 14.4 Å². The summed E-state index contributed by atoms with van der Waals surface area (Å²) in [6.07, 6.45) is 1.88. The molecule has 4 nitrogen and oxygen atoms in total. The van der Waals surface area contributed by atoms with Crippen molar-refractivity contribution in [1.82, 2.24) is 5.32 Å². The molecule has 3 atom stereocenters. The predicted molar refractivity (Wildman–Crippen MR) is 89.2 cm³/mol. The standard InChI is InChI=1S/C16H31NO3Si/c1-11(2)13-10-12(8-9-14(13)17-15(18)19)20-21(6,7)16(3,4)5/h12-14,17H,1,8-10H2,2-7H3,(H,18,19)/t12-,13+,14+/m1/s1. The van der Waals surface area contributed by atoms with Gasteiger partial charge in [-0.15, -0.1) is 0 Å². The number of carbonyl (C=O) groups is 1. The van der Waals surface area contributed by atoms with Crippen LogP contribution in [0.4, 0.5) is 4.79 Å². The average molecular weight is 314 g/mol. The Labute approximate surface area is 130 Å². The van der Waals surface area contributed by atoms with Gasteiger partial charge in [0.1, 0.15) is 0 Å². The minimum Gasteiger partial charge on any atom is -0.465 e. The molecule has 0 spiro atoms. The Morgan fingerprint density at radius 2 is 1.90 bits per heavy atom. The Hall–Kier alpha value is -0.813. The SMILES string of the molecule is C=C(C)[C@@H]1C[C@H](O[Si](C)(C)C(C)(C)C)CC[C@@H]1NC(=O)O. The van der Waals surface area contributed by atoms with Crippen molar-refractivity contribution in [3.8, 4) is 0 Å². The van der Waals surface area contributed by atoms with Gasteiger partial charge in [-0.3, -0.25) is 0 Å². The van der Waals surface area contributed by atoms with E-state index in [0.717, 1.165) is 24.8 Å². The van der Waals surface area contributed by atoms with Crippen molar-refractivity contribution in [2.24, 2.45) is 5.92 Å². The van der Waals surface area contributed by atoms with Crippen LogP contribution in [-0.2, 0) is 4.43 Å². The van der Waals surface area contributed by atoms with E-state index in [1.807, 2.05) is 6.92 Å². The van der Waals surface area contributed by atoms with E-state index in [1.165, 1.54) is 0 Å². The molecule has 0 bridgehead atoms. The smallest absolute Gasteiger partial charge is 0.404 e. The van der Waals surface area contributed by atoms with E-state index in [9.17, 15) is 4.79 Å². The lowest BCUT2D eigenvalue weighted by Crippen LogP contribution is -2.49. The summed E-state index contributed by atoms with van der Waals surface area (Å²) in [5.74, 6) is 0.171. The van der Waals surface area contributed by atoms with Gasteiger partial charge in [-0.1, -0.05) is 32.9 Å². The molecule has 122 valence electrons. The third-order valence-corrected chi connectivity index (χ3v) is 9.55. The third-order valence-electron chi connectivity index (χ3n) is 5.01. The molecule has 0 aliphatic heterocycles. The van der Waals surface area contributed by atoms with Crippen molar-refractivity contribution in [2.75, 3.05) is 0 Å². The Morgan fingerprint density at radius 3 is 2.33 bits per heavy atom. The van der Waals surface area contributed by atoms with Gasteiger partial charge in [0.25, 0.3) is 0 Å². The minimum absolute atomic E-state index is 0.0285. The molecule has 1 saturated carbocycles. The van der Waals surface area contributed by atoms with E-state index in [4.69, 9.17) is 9.53 Å². The van der Waals surface area contributed by atoms with Crippen LogP contribution in [0.5, 0.6) is 0 Å². The zero-order valence-corrected chi connectivity index (χ0v) is 15.3. The first-order chi connectivity index (χ1) is 9.44. The highest BCUT2D eigenvalue weighted by Gasteiger charge is 2.41. The van der Waals surface area contributed by atoms with Crippen LogP contribution in [0.2, 0.25) is 18.1 Å². The van der Waals surface area contributed by atoms with Crippen LogP contribution < -0.4 is 5.32 Å². The molecule has 0 aromatic rings. The van der Waals surface area contributed by atoms with Crippen LogP contribution in [0.25, 0.3) is 0 Å². The fourth-order valence-electron chi connectivity index (χ4n) is 2.71. The summed E-state index contributed by atoms with van der Waals surface area (Å²) >= 11 is 0. The minimum atomic E-state index is -1.78. The molecular formula is C16H31NO3Si. The first kappa shape index (κ1) is 18.2. The Morgan fingerprint density at radius 1 is 1.33 bits per heavy atom. The van der Waals surface area contributed by atoms with Gasteiger partial charge in [0.15, 0.2) is 8.32 Å². The number of amides is 1. The molecule has 1 rings (SSSR count). The highest BCUT2D eigenvalue weighted by molar-refractivity contribution is 6.74. The lowest BCUT2D eigenvalue weighted by atomic mass is 9.79. The second kappa shape index (κ2) is 6.52. The number of hydrogen-bond acceptors (Lipinski definition) is 2. The quantitative estimate of drug-likeness (QED) is 0.598. The van der Waals surface area contributed by atoms with Gasteiger partial charge in [0, 0.05) is 18.1 Å². The molecule has 1 aliphatic rings. The van der Waals surface area contributed by atoms with Crippen molar-refractivity contribution < 1.29 is 14.3 Å². The summed E-state index contributed by atoms with van der Waals surface area (Å²) < 4.78 is 6.50. The molecule has 2 N–H and O–H groups in total. The molecule has 0 unspecified atom stereocenters. The van der Waals surface area contributed by atoms with Gasteiger partial charge >= 0.3 is 6.09 Å². The van der Waals surface area contributed by atoms with Gasteiger partial charge < -0.3 is 14.8 Å². The summed E-state index contributed by atoms with van der Waals surface area (Å²) in [4.78, 5) is 10.9. The Balaban J connectivity index is 2.74. The molecule has 0 saturated heterocycles. The second-order valence-corrected chi connectivity index (χ2v) is 12.6. The summed E-state index contributed by atoms with van der Waals surface area (Å²) in [6, 6.07) is -0.0285. The molecular weight excluding hydrogens is 282 g/mol. The lowest BCUT2D eigenvalue weighted by molar-refractivity contribution is 0.0979. The van der Waals surface area contributed by atoms with Crippen LogP contribution in [0, 0.1) is 5.92 Å². The molecule has 5 heteroatoms. The van der Waals surface area contributed by atoms with E-state index >= 15 is 0 Å². The zero-order chi connectivity index (χ0) is 16.4. The lowest BCUT2D eigenvalue weighted by Gasteiger charge is -2.43. The highest BCUT2D eigenvalue weighted by atomic mass is 28.4. The fourth-order valence-corrected chi connectivity index (χ4v) is 4.11. The van der Waals surface area contributed by atoms with Crippen LogP contribution in [0.3, 0.4) is 0 Å². The summed E-state index contributed by atoms with van der Waals surface area (Å²) in [7, 11) is -1.78. The molecule has 1 fully saturated rings. The molecule has 1 aliphatic carbocycles. The number of rotatable bonds is 4. The van der Waals surface area contributed by atoms with Gasteiger partial charge in [-0.05, 0) is 44.3 Å². The molecule has 0 radical (unpaired) electrons. The number of carboxylic acid groups (broad SMARTS) is 1. The van der Waals surface area contributed by atoms with Gasteiger partial charge in [-0.25, -0.2) is 4.79 Å². The van der Waals surface area contributed by atoms with Crippen molar-refractivity contribution in [3.05, 3.63) is 12.2 Å². The zero-order valence-electron chi connectivity index (χ0n) is 14.3. The van der Waals surface area contributed by atoms with E-state index in [-0.39, 0.29) is 23.1 Å². The summed E-state index contributed by atoms with van der Waals surface area (Å²) in [6.45, 7) is 17.3. The Bertz CT molecular complexity index is 401. The monoisotopic (exact) mass is 313 g/mol. The van der Waals surface area contributed by atoms with Gasteiger partial charge in [0.05, 0.1) is 0 Å². The molecule has 0 heterocycles. The number of nitrogens with one attached hydrogen (secondary N) is 1. The van der Waals surface area contributed by atoms with Crippen LogP contribution in [0.15, 0.2) is 12.2 Å². The van der Waals surface area contributed by atoms with Crippen molar-refractivity contribution in [2.45, 2.75) is 77.2 Å². The second-order valence-electron chi connectivity index (χ2n) is 7.82. The van der Waals surface area contributed by atoms with E-state index in [2.05, 4.69) is 45.8 Å². The maximum atomic E-state index is 10.9. The molecule has 0 aromatic heterocycles. The number of hydrogen-bond donors (Lipinski definition) is 2. The van der Waals surface area contributed by atoms with E-state index in [1.54, 1.807) is 0 Å². The molecule has 21 heavy (non-hydrogen) atoms. The normalized spacial score (nSPS) is 27.2. The van der Waals surface area contributed by atoms with Crippen LogP contribution >= 0.6 is 0 Å². The first-order valence-corrected chi connectivity index (χ1v) is 10.7. The average Bonchev–Trinajstić information content (AvgIpc) is 2.28. The van der Waals surface area contributed by atoms with Gasteiger partial charge in [0.2, 0.25) is 0 Å². The fraction of sp³-hybridized carbons (Fsp3) is 0.812. The van der Waals surface area contributed by atoms with Crippen molar-refractivity contribution in [1.29, 1.82) is 0 Å².